The van der Waals surface area contributed by atoms with Crippen molar-refractivity contribution < 1.29 is 14.6 Å². The topological polar surface area (TPSA) is 134 Å². The number of carboxylic acid groups (broad SMARTS) is 1. The van der Waals surface area contributed by atoms with Crippen molar-refractivity contribution in [2.45, 2.75) is 104 Å². The molecule has 5 aromatic rings. The highest BCUT2D eigenvalue weighted by molar-refractivity contribution is 7.22. The zero-order valence-corrected chi connectivity index (χ0v) is 34.4. The molecule has 0 radical (unpaired) electrons. The first-order valence-electron chi connectivity index (χ1n) is 20.8. The number of carboxylic acids is 1. The molecule has 4 aliphatic carbocycles. The minimum absolute atomic E-state index is 0.0151. The van der Waals surface area contributed by atoms with E-state index in [1.54, 1.807) is 11.3 Å². The van der Waals surface area contributed by atoms with Crippen molar-refractivity contribution in [3.05, 3.63) is 65.1 Å². The molecule has 6 aliphatic rings. The third kappa shape index (κ3) is 6.59. The molecule has 2 unspecified atom stereocenters. The van der Waals surface area contributed by atoms with Crippen molar-refractivity contribution in [3.8, 4) is 11.1 Å². The Bertz CT molecular complexity index is 2330. The van der Waals surface area contributed by atoms with Crippen molar-refractivity contribution in [3.63, 3.8) is 0 Å². The van der Waals surface area contributed by atoms with E-state index in [9.17, 15) is 9.90 Å². The monoisotopic (exact) mass is 787 g/mol. The molecule has 11 rings (SSSR count). The molecule has 1 saturated heterocycles. The van der Waals surface area contributed by atoms with Crippen LogP contribution in [0.3, 0.4) is 0 Å². The molecule has 2 aliphatic heterocycles. The summed E-state index contributed by atoms with van der Waals surface area (Å²) in [4.78, 5) is 27.0. The fraction of sp³-hybridized carbons (Fsp3) is 0.545. The van der Waals surface area contributed by atoms with Crippen LogP contribution in [-0.4, -0.2) is 84.3 Å². The van der Waals surface area contributed by atoms with Crippen LogP contribution in [0.2, 0.25) is 0 Å². The van der Waals surface area contributed by atoms with Gasteiger partial charge in [-0.2, -0.15) is 5.10 Å². The second-order valence-electron chi connectivity index (χ2n) is 18.8. The van der Waals surface area contributed by atoms with Crippen LogP contribution in [-0.2, 0) is 17.7 Å². The summed E-state index contributed by atoms with van der Waals surface area (Å²) < 4.78 is 10.3. The van der Waals surface area contributed by atoms with Gasteiger partial charge in [0.15, 0.2) is 22.5 Å². The fourth-order valence-corrected chi connectivity index (χ4v) is 13.5. The number of pyridine rings is 1. The van der Waals surface area contributed by atoms with Crippen LogP contribution in [0.1, 0.15) is 98.9 Å². The van der Waals surface area contributed by atoms with Crippen LogP contribution in [0.5, 0.6) is 0 Å². The largest absolute Gasteiger partial charge is 0.476 e. The van der Waals surface area contributed by atoms with Crippen molar-refractivity contribution in [1.29, 1.82) is 0 Å². The second kappa shape index (κ2) is 13.6. The number of carbonyl (C=O) groups is 1. The average molecular weight is 788 g/mol. The first kappa shape index (κ1) is 36.9. The Morgan fingerprint density at radius 1 is 0.912 bits per heavy atom. The Balaban J connectivity index is 0.906. The number of hydrogen-bond donors (Lipinski definition) is 2. The number of nitrogens with zero attached hydrogens (tertiary/aromatic N) is 8. The molecule has 57 heavy (non-hydrogen) atoms. The lowest BCUT2D eigenvalue weighted by atomic mass is 9.39. The Kier molecular flexibility index (Phi) is 8.77. The van der Waals surface area contributed by atoms with Gasteiger partial charge in [-0.05, 0) is 132 Å². The summed E-state index contributed by atoms with van der Waals surface area (Å²) in [6.45, 7) is 14.8. The summed E-state index contributed by atoms with van der Waals surface area (Å²) in [6, 6.07) is 11.9. The third-order valence-corrected chi connectivity index (χ3v) is 14.8. The zero-order chi connectivity index (χ0) is 39.2. The van der Waals surface area contributed by atoms with Gasteiger partial charge in [0.1, 0.15) is 5.82 Å². The molecular weight excluding hydrogens is 735 g/mol. The lowest BCUT2D eigenvalue weighted by Crippen LogP contribution is -2.64. The van der Waals surface area contributed by atoms with E-state index in [0.29, 0.717) is 29.6 Å². The Morgan fingerprint density at radius 3 is 2.47 bits per heavy atom. The summed E-state index contributed by atoms with van der Waals surface area (Å²) in [5.41, 5.74) is 5.91. The number of nitrogens with one attached hydrogen (secondary N) is 1. The number of rotatable bonds is 11. The lowest BCUT2D eigenvalue weighted by molar-refractivity contribution is -0.248. The van der Waals surface area contributed by atoms with E-state index < -0.39 is 5.97 Å². The van der Waals surface area contributed by atoms with Gasteiger partial charge in [-0.15, -0.1) is 10.2 Å². The Morgan fingerprint density at radius 2 is 1.70 bits per heavy atom. The highest BCUT2D eigenvalue weighted by Gasteiger charge is 2.66. The van der Waals surface area contributed by atoms with Crippen molar-refractivity contribution in [1.82, 2.24) is 34.8 Å². The molecule has 5 fully saturated rings. The number of anilines is 4. The first-order chi connectivity index (χ1) is 27.4. The van der Waals surface area contributed by atoms with Crippen molar-refractivity contribution >= 4 is 50.1 Å². The average Bonchev–Trinajstić information content (AvgIpc) is 3.91. The SMILES string of the molecule is Cc1c(Nc2nc3ccccc3s2)nnc2c1CCCN2c1ccc(-c2cnn(CC34CC5(C)CC(C)(C3)CC(OCCN3CCCC3)(C5)C4)c2C)c(C(=O)O)n1. The van der Waals surface area contributed by atoms with Crippen LogP contribution in [0.15, 0.2) is 42.6 Å². The van der Waals surface area contributed by atoms with E-state index in [0.717, 1.165) is 89.5 Å². The summed E-state index contributed by atoms with van der Waals surface area (Å²) in [5, 5.41) is 29.0. The number of benzene rings is 1. The number of aromatic nitrogens is 6. The smallest absolute Gasteiger partial charge is 0.355 e. The van der Waals surface area contributed by atoms with Gasteiger partial charge in [0.2, 0.25) is 0 Å². The Hall–Kier alpha value is -4.46. The molecule has 6 heterocycles. The number of aromatic carboxylic acids is 1. The minimum atomic E-state index is -1.07. The molecule has 2 N–H and O–H groups in total. The summed E-state index contributed by atoms with van der Waals surface area (Å²) in [6.07, 6.45) is 13.1. The van der Waals surface area contributed by atoms with E-state index in [2.05, 4.69) is 58.9 Å². The maximum absolute atomic E-state index is 12.9. The molecule has 4 aromatic heterocycles. The predicted octanol–water partition coefficient (Wildman–Crippen LogP) is 8.72. The molecule has 298 valence electrons. The van der Waals surface area contributed by atoms with Crippen LogP contribution in [0.4, 0.5) is 22.6 Å². The number of para-hydroxylation sites is 1. The predicted molar refractivity (Wildman–Crippen MR) is 223 cm³/mol. The quantitative estimate of drug-likeness (QED) is 0.133. The Labute approximate surface area is 338 Å². The van der Waals surface area contributed by atoms with Crippen molar-refractivity contribution in [2.24, 2.45) is 16.2 Å². The summed E-state index contributed by atoms with van der Waals surface area (Å²) in [7, 11) is 0. The zero-order valence-electron chi connectivity index (χ0n) is 33.6. The second-order valence-corrected chi connectivity index (χ2v) is 19.8. The third-order valence-electron chi connectivity index (χ3n) is 13.8. The maximum atomic E-state index is 12.9. The van der Waals surface area contributed by atoms with Gasteiger partial charge >= 0.3 is 5.97 Å². The molecular formula is C44H53N9O3S. The van der Waals surface area contributed by atoms with Gasteiger partial charge in [0, 0.05) is 47.6 Å². The van der Waals surface area contributed by atoms with E-state index in [-0.39, 0.29) is 27.5 Å². The number of thiazole rings is 1. The van der Waals surface area contributed by atoms with Crippen LogP contribution in [0, 0.1) is 30.1 Å². The number of ether oxygens (including phenoxy) is 1. The normalized spacial score (nSPS) is 28.0. The molecule has 0 amide bonds. The highest BCUT2D eigenvalue weighted by atomic mass is 32.1. The molecule has 1 aromatic carbocycles. The molecule has 13 heteroatoms. The van der Waals surface area contributed by atoms with Crippen LogP contribution in [0.25, 0.3) is 21.3 Å². The first-order valence-corrected chi connectivity index (χ1v) is 21.6. The van der Waals surface area contributed by atoms with Gasteiger partial charge in [0.05, 0.1) is 28.6 Å². The number of fused-ring (bicyclic) bond motifs is 2. The summed E-state index contributed by atoms with van der Waals surface area (Å²) >= 11 is 1.58. The number of hydrogen-bond acceptors (Lipinski definition) is 11. The van der Waals surface area contributed by atoms with Gasteiger partial charge in [-0.1, -0.05) is 37.3 Å². The van der Waals surface area contributed by atoms with E-state index >= 15 is 0 Å². The van der Waals surface area contributed by atoms with Crippen LogP contribution < -0.4 is 10.2 Å². The molecule has 4 saturated carbocycles. The van der Waals surface area contributed by atoms with Gasteiger partial charge in [-0.25, -0.2) is 14.8 Å². The fourth-order valence-electron chi connectivity index (χ4n) is 12.7. The molecule has 4 bridgehead atoms. The van der Waals surface area contributed by atoms with E-state index in [1.807, 2.05) is 41.4 Å². The number of likely N-dealkylation sites (tertiary alicyclic amines) is 1. The van der Waals surface area contributed by atoms with Crippen LogP contribution >= 0.6 is 11.3 Å². The van der Waals surface area contributed by atoms with Gasteiger partial charge < -0.3 is 25.0 Å². The summed E-state index contributed by atoms with van der Waals surface area (Å²) in [5.74, 6) is 0.871. The minimum Gasteiger partial charge on any atom is -0.476 e. The highest BCUT2D eigenvalue weighted by Crippen LogP contribution is 2.72. The molecule has 12 nitrogen and oxygen atoms in total. The van der Waals surface area contributed by atoms with Gasteiger partial charge in [-0.3, -0.25) is 4.68 Å². The van der Waals surface area contributed by atoms with Crippen molar-refractivity contribution in [2.75, 3.05) is 43.0 Å². The lowest BCUT2D eigenvalue weighted by Gasteiger charge is -2.69. The molecule has 2 atom stereocenters. The molecule has 0 spiro atoms. The van der Waals surface area contributed by atoms with E-state index in [4.69, 9.17) is 19.8 Å². The standard InChI is InChI=1S/C44H53N9O3S/c1-28-30-10-9-17-52(38(30)50-49-37(28)48-40-46-33-11-5-6-12-34(33)57-40)35-14-13-31(36(47-35)39(54)55)32-20-45-53(29(32)2)27-43-22-41(3)21-42(4,23-43)25-44(24-41,26-43)56-19-18-51-15-7-8-16-51/h5-6,11-14,20H,7-10,15-19,21-27H2,1-4H3,(H,54,55)(H,46,48,49). The maximum Gasteiger partial charge on any atom is 0.355 e. The van der Waals surface area contributed by atoms with E-state index in [1.165, 1.54) is 45.2 Å². The van der Waals surface area contributed by atoms with Gasteiger partial charge in [0.25, 0.3) is 0 Å².